The zero-order chi connectivity index (χ0) is 13.0. The third-order valence-corrected chi connectivity index (χ3v) is 2.73. The highest BCUT2D eigenvalue weighted by molar-refractivity contribution is 5.90. The summed E-state index contributed by atoms with van der Waals surface area (Å²) in [5, 5.41) is 7.18. The van der Waals surface area contributed by atoms with Crippen molar-refractivity contribution in [1.29, 1.82) is 0 Å². The number of anilines is 1. The molecule has 2 rings (SSSR count). The predicted octanol–water partition coefficient (Wildman–Crippen LogP) is 2.78. The van der Waals surface area contributed by atoms with Crippen LogP contribution in [0.25, 0.3) is 0 Å². The Bertz CT molecular complexity index is 519. The average molecular weight is 243 g/mol. The Labute approximate surface area is 107 Å². The van der Waals surface area contributed by atoms with Gasteiger partial charge in [0.1, 0.15) is 0 Å². The summed E-state index contributed by atoms with van der Waals surface area (Å²) in [6.07, 6.45) is 2.31. The number of aromatic nitrogens is 2. The van der Waals surface area contributed by atoms with Crippen LogP contribution in [-0.4, -0.2) is 15.7 Å². The summed E-state index contributed by atoms with van der Waals surface area (Å²) >= 11 is 0. The van der Waals surface area contributed by atoms with E-state index in [1.54, 1.807) is 0 Å². The van der Waals surface area contributed by atoms with Gasteiger partial charge in [-0.2, -0.15) is 5.10 Å². The predicted molar refractivity (Wildman–Crippen MR) is 71.4 cm³/mol. The van der Waals surface area contributed by atoms with E-state index < -0.39 is 0 Å². The molecule has 0 aliphatic rings. The van der Waals surface area contributed by atoms with Crippen LogP contribution in [0.4, 0.5) is 5.69 Å². The van der Waals surface area contributed by atoms with E-state index in [9.17, 15) is 4.79 Å². The van der Waals surface area contributed by atoms with Crippen molar-refractivity contribution in [3.63, 3.8) is 0 Å². The average Bonchev–Trinajstić information content (AvgIpc) is 2.77. The van der Waals surface area contributed by atoms with Crippen molar-refractivity contribution in [2.75, 3.05) is 5.32 Å². The molecule has 1 atom stereocenters. The molecule has 1 aromatic carbocycles. The zero-order valence-corrected chi connectivity index (χ0v) is 10.6. The number of amides is 1. The molecule has 18 heavy (non-hydrogen) atoms. The minimum Gasteiger partial charge on any atom is -0.326 e. The largest absolute Gasteiger partial charge is 0.326 e. The molecule has 0 aliphatic heterocycles. The zero-order valence-electron chi connectivity index (χ0n) is 10.6. The Morgan fingerprint density at radius 1 is 1.33 bits per heavy atom. The van der Waals surface area contributed by atoms with Gasteiger partial charge in [0.2, 0.25) is 5.91 Å². The summed E-state index contributed by atoms with van der Waals surface area (Å²) in [5.74, 6) is 0.00172. The molecule has 0 aliphatic carbocycles. The SMILES string of the molecule is Cc1ccn([C@H](C)CC(=O)Nc2ccccc2)n1. The Kier molecular flexibility index (Phi) is 3.77. The molecule has 94 valence electrons. The molecule has 1 amide bonds. The molecule has 2 aromatic rings. The van der Waals surface area contributed by atoms with E-state index in [-0.39, 0.29) is 11.9 Å². The smallest absolute Gasteiger partial charge is 0.226 e. The lowest BCUT2D eigenvalue weighted by atomic mass is 10.2. The Morgan fingerprint density at radius 2 is 2.06 bits per heavy atom. The molecule has 0 radical (unpaired) electrons. The van der Waals surface area contributed by atoms with Gasteiger partial charge < -0.3 is 5.32 Å². The van der Waals surface area contributed by atoms with E-state index in [4.69, 9.17) is 0 Å². The van der Waals surface area contributed by atoms with Crippen molar-refractivity contribution in [3.05, 3.63) is 48.3 Å². The van der Waals surface area contributed by atoms with Crippen LogP contribution in [0.15, 0.2) is 42.6 Å². The van der Waals surface area contributed by atoms with E-state index >= 15 is 0 Å². The number of benzene rings is 1. The highest BCUT2D eigenvalue weighted by Gasteiger charge is 2.11. The van der Waals surface area contributed by atoms with Gasteiger partial charge in [0.15, 0.2) is 0 Å². The fourth-order valence-electron chi connectivity index (χ4n) is 1.77. The summed E-state index contributed by atoms with van der Waals surface area (Å²) in [4.78, 5) is 11.9. The maximum atomic E-state index is 11.9. The molecular formula is C14H17N3O. The molecule has 1 N–H and O–H groups in total. The summed E-state index contributed by atoms with van der Waals surface area (Å²) < 4.78 is 1.82. The van der Waals surface area contributed by atoms with E-state index in [1.165, 1.54) is 0 Å². The van der Waals surface area contributed by atoms with Crippen molar-refractivity contribution in [1.82, 2.24) is 9.78 Å². The number of nitrogens with one attached hydrogen (secondary N) is 1. The quantitative estimate of drug-likeness (QED) is 0.897. The van der Waals surface area contributed by atoms with E-state index in [0.717, 1.165) is 11.4 Å². The first-order valence-corrected chi connectivity index (χ1v) is 6.02. The minimum absolute atomic E-state index is 0.00172. The highest BCUT2D eigenvalue weighted by atomic mass is 16.1. The maximum Gasteiger partial charge on any atom is 0.226 e. The first-order chi connectivity index (χ1) is 8.65. The normalized spacial score (nSPS) is 12.1. The number of para-hydroxylation sites is 1. The van der Waals surface area contributed by atoms with Crippen LogP contribution in [0.3, 0.4) is 0 Å². The van der Waals surface area contributed by atoms with Gasteiger partial charge in [0.05, 0.1) is 11.7 Å². The highest BCUT2D eigenvalue weighted by Crippen LogP contribution is 2.12. The van der Waals surface area contributed by atoms with Crippen LogP contribution in [0, 0.1) is 6.92 Å². The van der Waals surface area contributed by atoms with Crippen molar-refractivity contribution < 1.29 is 4.79 Å². The fourth-order valence-corrected chi connectivity index (χ4v) is 1.77. The summed E-state index contributed by atoms with van der Waals surface area (Å²) in [6.45, 7) is 3.92. The third kappa shape index (κ3) is 3.20. The van der Waals surface area contributed by atoms with Gasteiger partial charge in [-0.15, -0.1) is 0 Å². The number of carbonyl (C=O) groups is 1. The van der Waals surface area contributed by atoms with Gasteiger partial charge in [-0.25, -0.2) is 0 Å². The van der Waals surface area contributed by atoms with Crippen LogP contribution < -0.4 is 5.32 Å². The number of carbonyl (C=O) groups excluding carboxylic acids is 1. The van der Waals surface area contributed by atoms with Gasteiger partial charge in [-0.3, -0.25) is 9.48 Å². The molecule has 0 saturated carbocycles. The maximum absolute atomic E-state index is 11.9. The molecule has 0 spiro atoms. The van der Waals surface area contributed by atoms with E-state index in [2.05, 4.69) is 10.4 Å². The van der Waals surface area contributed by atoms with E-state index in [0.29, 0.717) is 6.42 Å². The summed E-state index contributed by atoms with van der Waals surface area (Å²) in [6, 6.07) is 11.5. The van der Waals surface area contributed by atoms with Crippen molar-refractivity contribution in [3.8, 4) is 0 Å². The second-order valence-electron chi connectivity index (χ2n) is 4.40. The number of hydrogen-bond acceptors (Lipinski definition) is 2. The van der Waals surface area contributed by atoms with Gasteiger partial charge in [-0.1, -0.05) is 18.2 Å². The second-order valence-corrected chi connectivity index (χ2v) is 4.40. The lowest BCUT2D eigenvalue weighted by Gasteiger charge is -2.12. The molecule has 0 bridgehead atoms. The van der Waals surface area contributed by atoms with Crippen LogP contribution in [0.5, 0.6) is 0 Å². The monoisotopic (exact) mass is 243 g/mol. The first kappa shape index (κ1) is 12.4. The first-order valence-electron chi connectivity index (χ1n) is 6.02. The van der Waals surface area contributed by atoms with Gasteiger partial charge in [-0.05, 0) is 32.0 Å². The minimum atomic E-state index is 0.00172. The number of nitrogens with zero attached hydrogens (tertiary/aromatic N) is 2. The topological polar surface area (TPSA) is 46.9 Å². The van der Waals surface area contributed by atoms with Crippen LogP contribution >= 0.6 is 0 Å². The molecule has 1 aromatic heterocycles. The van der Waals surface area contributed by atoms with Crippen LogP contribution in [-0.2, 0) is 4.79 Å². The Morgan fingerprint density at radius 3 is 2.67 bits per heavy atom. The van der Waals surface area contributed by atoms with Gasteiger partial charge in [0, 0.05) is 18.3 Å². The van der Waals surface area contributed by atoms with Crippen LogP contribution in [0.2, 0.25) is 0 Å². The molecule has 1 heterocycles. The fraction of sp³-hybridized carbons (Fsp3) is 0.286. The lowest BCUT2D eigenvalue weighted by Crippen LogP contribution is -2.17. The number of hydrogen-bond donors (Lipinski definition) is 1. The molecule has 0 saturated heterocycles. The second kappa shape index (κ2) is 5.49. The van der Waals surface area contributed by atoms with Gasteiger partial charge >= 0.3 is 0 Å². The van der Waals surface area contributed by atoms with Crippen LogP contribution in [0.1, 0.15) is 25.1 Å². The molecule has 4 heteroatoms. The van der Waals surface area contributed by atoms with Gasteiger partial charge in [0.25, 0.3) is 0 Å². The Hall–Kier alpha value is -2.10. The standard InChI is InChI=1S/C14H17N3O/c1-11-8-9-17(16-11)12(2)10-14(18)15-13-6-4-3-5-7-13/h3-9,12H,10H2,1-2H3,(H,15,18)/t12-/m1/s1. The molecular weight excluding hydrogens is 226 g/mol. The molecule has 0 unspecified atom stereocenters. The van der Waals surface area contributed by atoms with Crippen molar-refractivity contribution in [2.45, 2.75) is 26.3 Å². The molecule has 0 fully saturated rings. The Balaban J connectivity index is 1.92. The van der Waals surface area contributed by atoms with E-state index in [1.807, 2.05) is 61.1 Å². The summed E-state index contributed by atoms with van der Waals surface area (Å²) in [7, 11) is 0. The number of rotatable bonds is 4. The number of aryl methyl sites for hydroxylation is 1. The third-order valence-electron chi connectivity index (χ3n) is 2.73. The molecule has 4 nitrogen and oxygen atoms in total. The van der Waals surface area contributed by atoms with Crippen molar-refractivity contribution in [2.24, 2.45) is 0 Å². The lowest BCUT2D eigenvalue weighted by molar-refractivity contribution is -0.116. The summed E-state index contributed by atoms with van der Waals surface area (Å²) in [5.41, 5.74) is 1.79. The van der Waals surface area contributed by atoms with Crippen molar-refractivity contribution >= 4 is 11.6 Å².